The van der Waals surface area contributed by atoms with Crippen molar-refractivity contribution in [2.45, 2.75) is 6.18 Å². The highest BCUT2D eigenvalue weighted by atomic mass is 32.1. The average Bonchev–Trinajstić information content (AvgIpc) is 2.82. The zero-order valence-corrected chi connectivity index (χ0v) is 11.5. The lowest BCUT2D eigenvalue weighted by Gasteiger charge is -2.16. The van der Waals surface area contributed by atoms with Gasteiger partial charge in [0.15, 0.2) is 5.69 Å². The molecule has 0 saturated heterocycles. The number of hydrogen-bond donors (Lipinski definition) is 1. The Morgan fingerprint density at radius 3 is 2.75 bits per heavy atom. The molecule has 2 aromatic heterocycles. The van der Waals surface area contributed by atoms with Gasteiger partial charge >= 0.3 is 6.18 Å². The van der Waals surface area contributed by atoms with Crippen molar-refractivity contribution < 1.29 is 13.2 Å². The van der Waals surface area contributed by atoms with Crippen LogP contribution >= 0.6 is 24.2 Å². The lowest BCUT2D eigenvalue weighted by Crippen LogP contribution is -2.27. The fourth-order valence-corrected chi connectivity index (χ4v) is 2.71. The summed E-state index contributed by atoms with van der Waals surface area (Å²) in [6.45, 7) is -1.26. The molecule has 2 aromatic rings. The molecular weight excluding hydrogens is 309 g/mol. The average molecular weight is 316 g/mol. The molecule has 0 unspecified atom stereocenters. The molecular formula is C11H7F3N4S2. The van der Waals surface area contributed by atoms with Crippen LogP contribution in [0.3, 0.4) is 0 Å². The van der Waals surface area contributed by atoms with E-state index in [0.717, 1.165) is 11.3 Å². The number of anilines is 1. The van der Waals surface area contributed by atoms with Crippen LogP contribution in [0.15, 0.2) is 24.5 Å². The standard InChI is InChI=1S/C11H7F3N4S2/c12-11(13,14)6-18(19)10-8(4-15)17-9(20-10)7-2-1-3-16-5-7/h1-3,5,19H,6H2. The highest BCUT2D eigenvalue weighted by Gasteiger charge is 2.32. The Hall–Kier alpha value is -1.79. The number of halogens is 3. The predicted octanol–water partition coefficient (Wildman–Crippen LogP) is 3.29. The third-order valence-corrected chi connectivity index (χ3v) is 3.79. The zero-order chi connectivity index (χ0) is 14.8. The Labute approximate surface area is 122 Å². The summed E-state index contributed by atoms with van der Waals surface area (Å²) in [6, 6.07) is 5.16. The second-order valence-electron chi connectivity index (χ2n) is 3.70. The van der Waals surface area contributed by atoms with E-state index in [1.165, 1.54) is 6.20 Å². The van der Waals surface area contributed by atoms with E-state index < -0.39 is 12.7 Å². The molecule has 2 heterocycles. The molecule has 0 radical (unpaired) electrons. The third-order valence-electron chi connectivity index (χ3n) is 2.19. The van der Waals surface area contributed by atoms with Gasteiger partial charge in [0.05, 0.1) is 0 Å². The third kappa shape index (κ3) is 3.40. The van der Waals surface area contributed by atoms with Crippen molar-refractivity contribution in [3.8, 4) is 16.6 Å². The minimum absolute atomic E-state index is 0.0620. The maximum absolute atomic E-state index is 12.4. The van der Waals surface area contributed by atoms with Crippen LogP contribution < -0.4 is 4.31 Å². The second-order valence-corrected chi connectivity index (χ2v) is 5.16. The molecule has 0 spiro atoms. The number of nitrogens with zero attached hydrogens (tertiary/aromatic N) is 4. The first-order chi connectivity index (χ1) is 9.40. The summed E-state index contributed by atoms with van der Waals surface area (Å²) in [6.07, 6.45) is -1.32. The first-order valence-electron chi connectivity index (χ1n) is 5.25. The van der Waals surface area contributed by atoms with Gasteiger partial charge < -0.3 is 0 Å². The highest BCUT2D eigenvalue weighted by molar-refractivity contribution is 7.82. The van der Waals surface area contributed by atoms with E-state index in [4.69, 9.17) is 5.26 Å². The van der Waals surface area contributed by atoms with Crippen molar-refractivity contribution in [3.05, 3.63) is 30.2 Å². The molecule has 0 aromatic carbocycles. The van der Waals surface area contributed by atoms with E-state index in [0.29, 0.717) is 14.9 Å². The summed E-state index contributed by atoms with van der Waals surface area (Å²) >= 11 is 4.74. The summed E-state index contributed by atoms with van der Waals surface area (Å²) in [4.78, 5) is 7.91. The topological polar surface area (TPSA) is 52.8 Å². The summed E-state index contributed by atoms with van der Waals surface area (Å²) in [7, 11) is 0. The van der Waals surface area contributed by atoms with Gasteiger partial charge in [0.1, 0.15) is 22.6 Å². The number of nitriles is 1. The summed E-state index contributed by atoms with van der Waals surface area (Å²) in [5.74, 6) is 0. The number of pyridine rings is 1. The molecule has 104 valence electrons. The van der Waals surface area contributed by atoms with Gasteiger partial charge in [-0.3, -0.25) is 9.29 Å². The van der Waals surface area contributed by atoms with E-state index in [1.807, 2.05) is 0 Å². The van der Waals surface area contributed by atoms with Crippen molar-refractivity contribution >= 4 is 29.2 Å². The van der Waals surface area contributed by atoms with Crippen molar-refractivity contribution in [3.63, 3.8) is 0 Å². The van der Waals surface area contributed by atoms with Crippen molar-refractivity contribution in [2.75, 3.05) is 10.8 Å². The smallest absolute Gasteiger partial charge is 0.298 e. The predicted molar refractivity (Wildman–Crippen MR) is 72.4 cm³/mol. The number of aromatic nitrogens is 2. The minimum Gasteiger partial charge on any atom is -0.298 e. The molecule has 0 N–H and O–H groups in total. The molecule has 0 amide bonds. The van der Waals surface area contributed by atoms with E-state index in [-0.39, 0.29) is 10.7 Å². The van der Waals surface area contributed by atoms with Gasteiger partial charge in [-0.2, -0.15) is 18.4 Å². The fourth-order valence-electron chi connectivity index (χ4n) is 1.41. The van der Waals surface area contributed by atoms with Crippen LogP contribution in [0.4, 0.5) is 18.2 Å². The zero-order valence-electron chi connectivity index (χ0n) is 9.79. The van der Waals surface area contributed by atoms with Crippen molar-refractivity contribution in [1.82, 2.24) is 9.97 Å². The van der Waals surface area contributed by atoms with E-state index in [1.54, 1.807) is 24.4 Å². The molecule has 9 heteroatoms. The second kappa shape index (κ2) is 5.68. The molecule has 0 aliphatic heterocycles. The Morgan fingerprint density at radius 2 is 2.20 bits per heavy atom. The van der Waals surface area contributed by atoms with Crippen molar-refractivity contribution in [1.29, 1.82) is 5.26 Å². The molecule has 0 fully saturated rings. The van der Waals surface area contributed by atoms with Crippen LogP contribution in [-0.4, -0.2) is 22.7 Å². The first-order valence-corrected chi connectivity index (χ1v) is 6.47. The lowest BCUT2D eigenvalue weighted by molar-refractivity contribution is -0.117. The van der Waals surface area contributed by atoms with Crippen LogP contribution in [0.25, 0.3) is 10.6 Å². The monoisotopic (exact) mass is 316 g/mol. The van der Waals surface area contributed by atoms with E-state index in [9.17, 15) is 13.2 Å². The van der Waals surface area contributed by atoms with Gasteiger partial charge in [0.25, 0.3) is 0 Å². The molecule has 4 nitrogen and oxygen atoms in total. The minimum atomic E-state index is -4.41. The Kier molecular flexibility index (Phi) is 4.15. The summed E-state index contributed by atoms with van der Waals surface area (Å²) < 4.78 is 37.8. The molecule has 0 bridgehead atoms. The van der Waals surface area contributed by atoms with Gasteiger partial charge in [0, 0.05) is 18.0 Å². The largest absolute Gasteiger partial charge is 0.406 e. The van der Waals surface area contributed by atoms with Crippen LogP contribution in [0.1, 0.15) is 5.69 Å². The maximum atomic E-state index is 12.4. The fraction of sp³-hybridized carbons (Fsp3) is 0.182. The molecule has 0 aliphatic rings. The van der Waals surface area contributed by atoms with Crippen LogP contribution in [-0.2, 0) is 0 Å². The number of hydrogen-bond acceptors (Lipinski definition) is 6. The molecule has 2 rings (SSSR count). The first kappa shape index (κ1) is 14.6. The maximum Gasteiger partial charge on any atom is 0.406 e. The van der Waals surface area contributed by atoms with E-state index >= 15 is 0 Å². The lowest BCUT2D eigenvalue weighted by atomic mass is 10.3. The van der Waals surface area contributed by atoms with Crippen LogP contribution in [0.5, 0.6) is 0 Å². The summed E-state index contributed by atoms with van der Waals surface area (Å²) in [5.41, 5.74) is 0.544. The Morgan fingerprint density at radius 1 is 1.45 bits per heavy atom. The van der Waals surface area contributed by atoms with Crippen molar-refractivity contribution in [2.24, 2.45) is 0 Å². The molecule has 20 heavy (non-hydrogen) atoms. The molecule has 0 saturated carbocycles. The molecule has 0 atom stereocenters. The highest BCUT2D eigenvalue weighted by Crippen LogP contribution is 2.36. The van der Waals surface area contributed by atoms with Gasteiger partial charge in [-0.05, 0) is 12.1 Å². The van der Waals surface area contributed by atoms with Gasteiger partial charge in [0.2, 0.25) is 0 Å². The molecule has 0 aliphatic carbocycles. The van der Waals surface area contributed by atoms with Crippen LogP contribution in [0, 0.1) is 11.3 Å². The number of rotatable bonds is 3. The SMILES string of the molecule is N#Cc1nc(-c2cccnc2)sc1N(S)CC(F)(F)F. The number of thiazole rings is 1. The van der Waals surface area contributed by atoms with Crippen LogP contribution in [0.2, 0.25) is 0 Å². The van der Waals surface area contributed by atoms with E-state index in [2.05, 4.69) is 22.8 Å². The normalized spacial score (nSPS) is 11.2. The van der Waals surface area contributed by atoms with Gasteiger partial charge in [-0.25, -0.2) is 4.98 Å². The quantitative estimate of drug-likeness (QED) is 0.883. The number of thiol groups is 1. The summed E-state index contributed by atoms with van der Waals surface area (Å²) in [5, 5.41) is 9.45. The Balaban J connectivity index is 2.35. The van der Waals surface area contributed by atoms with Gasteiger partial charge in [-0.1, -0.05) is 24.2 Å². The Bertz CT molecular complexity index is 633. The number of alkyl halides is 3. The van der Waals surface area contributed by atoms with Gasteiger partial charge in [-0.15, -0.1) is 0 Å².